The number of carbonyl (C=O) groups is 1. The van der Waals surface area contributed by atoms with Crippen molar-refractivity contribution in [3.8, 4) is 0 Å². The molecule has 0 aliphatic rings. The number of aromatic nitrogens is 3. The quantitative estimate of drug-likeness (QED) is 0.792. The zero-order valence-electron chi connectivity index (χ0n) is 9.02. The first-order valence-corrected chi connectivity index (χ1v) is 6.47. The summed E-state index contributed by atoms with van der Waals surface area (Å²) in [6.45, 7) is 0. The van der Waals surface area contributed by atoms with Gasteiger partial charge in [-0.25, -0.2) is 4.98 Å². The minimum atomic E-state index is 0.00859. The van der Waals surface area contributed by atoms with Gasteiger partial charge in [-0.15, -0.1) is 0 Å². The number of rotatable bonds is 3. The van der Waals surface area contributed by atoms with Crippen molar-refractivity contribution in [1.82, 2.24) is 14.8 Å². The van der Waals surface area contributed by atoms with Crippen molar-refractivity contribution >= 4 is 37.6 Å². The molecule has 0 amide bonds. The lowest BCUT2D eigenvalue weighted by molar-refractivity contribution is 0.0989. The fraction of sp³-hybridized carbons (Fsp3) is 0.182. The van der Waals surface area contributed by atoms with Crippen molar-refractivity contribution in [2.45, 2.75) is 6.42 Å². The summed E-state index contributed by atoms with van der Waals surface area (Å²) in [4.78, 5) is 16.1. The van der Waals surface area contributed by atoms with E-state index in [0.29, 0.717) is 11.4 Å². The molecule has 0 spiro atoms. The van der Waals surface area contributed by atoms with Crippen LogP contribution in [0.4, 0.5) is 0 Å². The normalized spacial score (nSPS) is 10.5. The van der Waals surface area contributed by atoms with Gasteiger partial charge in [-0.3, -0.25) is 9.48 Å². The molecule has 0 aliphatic heterocycles. The zero-order valence-corrected chi connectivity index (χ0v) is 12.2. The fourth-order valence-electron chi connectivity index (χ4n) is 1.43. The highest BCUT2D eigenvalue weighted by Gasteiger charge is 2.14. The van der Waals surface area contributed by atoms with Crippen LogP contribution in [0, 0.1) is 0 Å². The molecule has 1 aromatic carbocycles. The van der Waals surface area contributed by atoms with Crippen LogP contribution in [0.3, 0.4) is 0 Å². The standard InChI is InChI=1S/C11H9Br2N3O/c1-16-11(14-6-15-16)5-10(17)8-4-7(12)2-3-9(8)13/h2-4,6H,5H2,1H3. The van der Waals surface area contributed by atoms with Crippen LogP contribution in [0.15, 0.2) is 33.5 Å². The Bertz CT molecular complexity index is 566. The summed E-state index contributed by atoms with van der Waals surface area (Å²) in [5.74, 6) is 0.663. The van der Waals surface area contributed by atoms with Gasteiger partial charge in [0.15, 0.2) is 5.78 Å². The van der Waals surface area contributed by atoms with Crippen molar-refractivity contribution in [1.29, 1.82) is 0 Å². The van der Waals surface area contributed by atoms with E-state index >= 15 is 0 Å². The number of ketones is 1. The van der Waals surface area contributed by atoms with Gasteiger partial charge in [-0.2, -0.15) is 5.10 Å². The number of hydrogen-bond donors (Lipinski definition) is 0. The average molecular weight is 359 g/mol. The second-order valence-corrected chi connectivity index (χ2v) is 5.29. The topological polar surface area (TPSA) is 47.8 Å². The lowest BCUT2D eigenvalue weighted by Crippen LogP contribution is -2.09. The summed E-state index contributed by atoms with van der Waals surface area (Å²) >= 11 is 6.72. The number of Topliss-reactive ketones (excluding diaryl/α,β-unsaturated/α-hetero) is 1. The molecule has 0 N–H and O–H groups in total. The molecule has 1 aromatic heterocycles. The maximum Gasteiger partial charge on any atom is 0.171 e. The molecule has 0 saturated carbocycles. The first-order chi connectivity index (χ1) is 8.08. The number of nitrogens with zero attached hydrogens (tertiary/aromatic N) is 3. The van der Waals surface area contributed by atoms with E-state index in [0.717, 1.165) is 8.95 Å². The van der Waals surface area contributed by atoms with Crippen molar-refractivity contribution in [2.24, 2.45) is 7.05 Å². The van der Waals surface area contributed by atoms with Gasteiger partial charge in [0.2, 0.25) is 0 Å². The van der Waals surface area contributed by atoms with E-state index in [1.807, 2.05) is 12.1 Å². The maximum absolute atomic E-state index is 12.1. The molecule has 0 atom stereocenters. The Labute approximate surface area is 115 Å². The first kappa shape index (κ1) is 12.4. The summed E-state index contributed by atoms with van der Waals surface area (Å²) in [5.41, 5.74) is 0.641. The molecule has 1 heterocycles. The van der Waals surface area contributed by atoms with Gasteiger partial charge < -0.3 is 0 Å². The fourth-order valence-corrected chi connectivity index (χ4v) is 2.26. The lowest BCUT2D eigenvalue weighted by Gasteiger charge is -2.04. The summed E-state index contributed by atoms with van der Waals surface area (Å²) < 4.78 is 3.26. The molecule has 0 radical (unpaired) electrons. The van der Waals surface area contributed by atoms with E-state index < -0.39 is 0 Å². The van der Waals surface area contributed by atoms with E-state index in [1.165, 1.54) is 6.33 Å². The monoisotopic (exact) mass is 357 g/mol. The van der Waals surface area contributed by atoms with Crippen LogP contribution in [-0.2, 0) is 13.5 Å². The first-order valence-electron chi connectivity index (χ1n) is 4.89. The summed E-state index contributed by atoms with van der Waals surface area (Å²) in [6, 6.07) is 5.51. The molecular formula is C11H9Br2N3O. The molecular weight excluding hydrogens is 350 g/mol. The lowest BCUT2D eigenvalue weighted by atomic mass is 10.1. The highest BCUT2D eigenvalue weighted by Crippen LogP contribution is 2.22. The second kappa shape index (κ2) is 5.10. The molecule has 0 aliphatic carbocycles. The van der Waals surface area contributed by atoms with Crippen LogP contribution in [-0.4, -0.2) is 20.5 Å². The molecule has 0 unspecified atom stereocenters. The molecule has 0 fully saturated rings. The highest BCUT2D eigenvalue weighted by atomic mass is 79.9. The minimum Gasteiger partial charge on any atom is -0.294 e. The Balaban J connectivity index is 2.26. The summed E-state index contributed by atoms with van der Waals surface area (Å²) in [7, 11) is 1.77. The number of hydrogen-bond acceptors (Lipinski definition) is 3. The van der Waals surface area contributed by atoms with Gasteiger partial charge in [0, 0.05) is 21.6 Å². The Morgan fingerprint density at radius 3 is 2.82 bits per heavy atom. The van der Waals surface area contributed by atoms with Crippen LogP contribution >= 0.6 is 31.9 Å². The Kier molecular flexibility index (Phi) is 3.73. The Hall–Kier alpha value is -1.01. The van der Waals surface area contributed by atoms with Crippen LogP contribution in [0.5, 0.6) is 0 Å². The summed E-state index contributed by atoms with van der Waals surface area (Å²) in [6.07, 6.45) is 1.68. The molecule has 17 heavy (non-hydrogen) atoms. The van der Waals surface area contributed by atoms with Crippen LogP contribution in [0.25, 0.3) is 0 Å². The summed E-state index contributed by atoms with van der Waals surface area (Å²) in [5, 5.41) is 3.94. The molecule has 2 aromatic rings. The molecule has 0 bridgehead atoms. The van der Waals surface area contributed by atoms with Crippen molar-refractivity contribution in [3.05, 3.63) is 44.9 Å². The van der Waals surface area contributed by atoms with E-state index in [1.54, 1.807) is 17.8 Å². The average Bonchev–Trinajstić information content (AvgIpc) is 2.68. The van der Waals surface area contributed by atoms with Crippen LogP contribution in [0.1, 0.15) is 16.2 Å². The smallest absolute Gasteiger partial charge is 0.171 e. The SMILES string of the molecule is Cn1ncnc1CC(=O)c1cc(Br)ccc1Br. The van der Waals surface area contributed by atoms with Crippen LogP contribution < -0.4 is 0 Å². The van der Waals surface area contributed by atoms with E-state index in [9.17, 15) is 4.79 Å². The van der Waals surface area contributed by atoms with Gasteiger partial charge in [-0.05, 0) is 18.2 Å². The molecule has 4 nitrogen and oxygen atoms in total. The third-order valence-electron chi connectivity index (χ3n) is 2.35. The van der Waals surface area contributed by atoms with Gasteiger partial charge in [0.05, 0.1) is 6.42 Å². The van der Waals surface area contributed by atoms with Crippen LogP contribution in [0.2, 0.25) is 0 Å². The van der Waals surface area contributed by atoms with E-state index in [-0.39, 0.29) is 12.2 Å². The van der Waals surface area contributed by atoms with E-state index in [2.05, 4.69) is 41.9 Å². The van der Waals surface area contributed by atoms with Gasteiger partial charge in [0.25, 0.3) is 0 Å². The van der Waals surface area contributed by atoms with Crippen molar-refractivity contribution < 1.29 is 4.79 Å². The maximum atomic E-state index is 12.1. The largest absolute Gasteiger partial charge is 0.294 e. The second-order valence-electron chi connectivity index (χ2n) is 3.52. The molecule has 2 rings (SSSR count). The highest BCUT2D eigenvalue weighted by molar-refractivity contribution is 9.11. The van der Waals surface area contributed by atoms with E-state index in [4.69, 9.17) is 0 Å². The van der Waals surface area contributed by atoms with Gasteiger partial charge >= 0.3 is 0 Å². The van der Waals surface area contributed by atoms with Gasteiger partial charge in [0.1, 0.15) is 12.2 Å². The third kappa shape index (κ3) is 2.81. The number of benzene rings is 1. The Morgan fingerprint density at radius 2 is 2.18 bits per heavy atom. The third-order valence-corrected chi connectivity index (χ3v) is 3.54. The molecule has 88 valence electrons. The number of aryl methyl sites for hydroxylation is 1. The van der Waals surface area contributed by atoms with Gasteiger partial charge in [-0.1, -0.05) is 31.9 Å². The number of halogens is 2. The molecule has 0 saturated heterocycles. The zero-order chi connectivity index (χ0) is 12.4. The minimum absolute atomic E-state index is 0.00859. The predicted molar refractivity (Wildman–Crippen MR) is 70.9 cm³/mol. The number of carbonyl (C=O) groups excluding carboxylic acids is 1. The predicted octanol–water partition coefficient (Wildman–Crippen LogP) is 2.77. The van der Waals surface area contributed by atoms with Crippen molar-refractivity contribution in [3.63, 3.8) is 0 Å². The molecule has 6 heteroatoms. The Morgan fingerprint density at radius 1 is 1.41 bits per heavy atom. The van der Waals surface area contributed by atoms with Crippen molar-refractivity contribution in [2.75, 3.05) is 0 Å².